The van der Waals surface area contributed by atoms with Gasteiger partial charge in [0.05, 0.1) is 28.3 Å². The number of hydrogen-bond donors (Lipinski definition) is 0. The number of benzene rings is 5. The summed E-state index contributed by atoms with van der Waals surface area (Å²) in [5, 5.41) is 3.41. The minimum absolute atomic E-state index is 0.681. The van der Waals surface area contributed by atoms with Gasteiger partial charge in [-0.15, -0.1) is 0 Å². The van der Waals surface area contributed by atoms with Crippen LogP contribution in [0.25, 0.3) is 89.2 Å². The van der Waals surface area contributed by atoms with E-state index in [9.17, 15) is 0 Å². The van der Waals surface area contributed by atoms with E-state index in [1.165, 1.54) is 5.39 Å². The van der Waals surface area contributed by atoms with Gasteiger partial charge in [0.1, 0.15) is 0 Å². The lowest BCUT2D eigenvalue weighted by Crippen LogP contribution is -1.96. The van der Waals surface area contributed by atoms with Crippen molar-refractivity contribution in [2.75, 3.05) is 0 Å². The highest BCUT2D eigenvalue weighted by Gasteiger charge is 2.14. The molecule has 5 nitrogen and oxygen atoms in total. The second-order valence-electron chi connectivity index (χ2n) is 12.2. The molecule has 4 heterocycles. The molecule has 9 rings (SSSR count). The van der Waals surface area contributed by atoms with Gasteiger partial charge in [-0.3, -0.25) is 9.97 Å². The third kappa shape index (κ3) is 5.57. The van der Waals surface area contributed by atoms with Crippen molar-refractivity contribution >= 4 is 21.7 Å². The van der Waals surface area contributed by atoms with E-state index < -0.39 is 0 Å². The molecule has 0 aliphatic rings. The maximum absolute atomic E-state index is 5.06. The predicted octanol–water partition coefficient (Wildman–Crippen LogP) is 11.0. The molecule has 0 aliphatic carbocycles. The lowest BCUT2D eigenvalue weighted by atomic mass is 9.99. The maximum atomic E-state index is 5.06. The molecule has 0 amide bonds. The number of para-hydroxylation sites is 1. The Bertz CT molecular complexity index is 2620. The molecule has 0 aliphatic heterocycles. The van der Waals surface area contributed by atoms with Crippen molar-refractivity contribution in [2.24, 2.45) is 0 Å². The van der Waals surface area contributed by atoms with Crippen molar-refractivity contribution < 1.29 is 0 Å². The molecule has 0 unspecified atom stereocenters. The summed E-state index contributed by atoms with van der Waals surface area (Å²) in [5.41, 5.74) is 11.6. The zero-order valence-corrected chi connectivity index (χ0v) is 27.0. The summed E-state index contributed by atoms with van der Waals surface area (Å²) in [5.74, 6) is 0.681. The summed E-state index contributed by atoms with van der Waals surface area (Å²) in [6.45, 7) is 0. The number of rotatable bonds is 6. The van der Waals surface area contributed by atoms with Crippen LogP contribution in [0.5, 0.6) is 0 Å². The molecule has 5 aromatic carbocycles. The minimum Gasteiger partial charge on any atom is -0.264 e. The molecule has 5 heteroatoms. The molecule has 0 saturated carbocycles. The second kappa shape index (κ2) is 12.6. The van der Waals surface area contributed by atoms with Crippen LogP contribution in [0.15, 0.2) is 176 Å². The fraction of sp³-hybridized carbons (Fsp3) is 0. The maximum Gasteiger partial charge on any atom is 0.160 e. The molecule has 0 atom stereocenters. The number of aromatic nitrogens is 5. The second-order valence-corrected chi connectivity index (χ2v) is 12.2. The highest BCUT2D eigenvalue weighted by Crippen LogP contribution is 2.34. The average molecular weight is 640 g/mol. The smallest absolute Gasteiger partial charge is 0.160 e. The largest absolute Gasteiger partial charge is 0.264 e. The summed E-state index contributed by atoms with van der Waals surface area (Å²) < 4.78 is 0. The Hall–Kier alpha value is -6.85. The Morgan fingerprint density at radius 2 is 0.980 bits per heavy atom. The lowest BCUT2D eigenvalue weighted by Gasteiger charge is -2.12. The van der Waals surface area contributed by atoms with Gasteiger partial charge in [0.25, 0.3) is 0 Å². The first-order chi connectivity index (χ1) is 24.8. The van der Waals surface area contributed by atoms with Crippen LogP contribution in [-0.2, 0) is 0 Å². The first kappa shape index (κ1) is 29.3. The van der Waals surface area contributed by atoms with Crippen LogP contribution in [0.1, 0.15) is 0 Å². The molecular weight excluding hydrogens is 611 g/mol. The zero-order chi connectivity index (χ0) is 33.3. The molecule has 4 aromatic heterocycles. The van der Waals surface area contributed by atoms with Crippen molar-refractivity contribution in [1.29, 1.82) is 0 Å². The number of hydrogen-bond acceptors (Lipinski definition) is 5. The lowest BCUT2D eigenvalue weighted by molar-refractivity contribution is 1.18. The monoisotopic (exact) mass is 639 g/mol. The van der Waals surface area contributed by atoms with Crippen LogP contribution in [0, 0.1) is 0 Å². The van der Waals surface area contributed by atoms with Crippen LogP contribution in [0.2, 0.25) is 0 Å². The first-order valence-electron chi connectivity index (χ1n) is 16.6. The Morgan fingerprint density at radius 3 is 1.76 bits per heavy atom. The Kier molecular flexibility index (Phi) is 7.41. The van der Waals surface area contributed by atoms with Crippen molar-refractivity contribution in [1.82, 2.24) is 24.9 Å². The predicted molar refractivity (Wildman–Crippen MR) is 203 cm³/mol. The molecule has 0 saturated heterocycles. The summed E-state index contributed by atoms with van der Waals surface area (Å²) >= 11 is 0. The Morgan fingerprint density at radius 1 is 0.340 bits per heavy atom. The third-order valence-corrected chi connectivity index (χ3v) is 9.04. The van der Waals surface area contributed by atoms with Crippen LogP contribution < -0.4 is 0 Å². The average Bonchev–Trinajstić information content (AvgIpc) is 3.21. The molecule has 0 radical (unpaired) electrons. The quantitative estimate of drug-likeness (QED) is 0.169. The van der Waals surface area contributed by atoms with Crippen molar-refractivity contribution in [3.63, 3.8) is 0 Å². The molecule has 234 valence electrons. The number of fused-ring (bicyclic) bond motifs is 3. The summed E-state index contributed by atoms with van der Waals surface area (Å²) in [7, 11) is 0. The fourth-order valence-corrected chi connectivity index (χ4v) is 6.49. The molecule has 9 aromatic rings. The first-order valence-corrected chi connectivity index (χ1v) is 16.6. The van der Waals surface area contributed by atoms with Crippen LogP contribution >= 0.6 is 0 Å². The molecule has 0 fully saturated rings. The van der Waals surface area contributed by atoms with E-state index >= 15 is 0 Å². The molecule has 0 bridgehead atoms. The van der Waals surface area contributed by atoms with E-state index in [2.05, 4.69) is 120 Å². The highest BCUT2D eigenvalue weighted by molar-refractivity contribution is 6.10. The summed E-state index contributed by atoms with van der Waals surface area (Å²) in [6.07, 6.45) is 5.60. The van der Waals surface area contributed by atoms with Gasteiger partial charge in [-0.05, 0) is 52.4 Å². The highest BCUT2D eigenvalue weighted by atomic mass is 14.9. The van der Waals surface area contributed by atoms with Gasteiger partial charge in [0.2, 0.25) is 0 Å². The molecule has 0 spiro atoms. The molecular formula is C45H29N5. The van der Waals surface area contributed by atoms with E-state index in [-0.39, 0.29) is 0 Å². The van der Waals surface area contributed by atoms with Gasteiger partial charge in [-0.25, -0.2) is 15.0 Å². The topological polar surface area (TPSA) is 64.5 Å². The van der Waals surface area contributed by atoms with Gasteiger partial charge >= 0.3 is 0 Å². The van der Waals surface area contributed by atoms with Gasteiger partial charge in [0.15, 0.2) is 5.82 Å². The van der Waals surface area contributed by atoms with E-state index in [4.69, 9.17) is 19.9 Å². The Labute approximate surface area is 289 Å². The van der Waals surface area contributed by atoms with Gasteiger partial charge in [0, 0.05) is 51.6 Å². The van der Waals surface area contributed by atoms with E-state index in [0.717, 1.165) is 78.0 Å². The van der Waals surface area contributed by atoms with E-state index in [1.807, 2.05) is 54.9 Å². The fourth-order valence-electron chi connectivity index (χ4n) is 6.49. The summed E-state index contributed by atoms with van der Waals surface area (Å²) in [6, 6.07) is 54.0. The van der Waals surface area contributed by atoms with Crippen LogP contribution in [-0.4, -0.2) is 24.9 Å². The van der Waals surface area contributed by atoms with Crippen molar-refractivity contribution in [3.05, 3.63) is 176 Å². The SMILES string of the molecule is c1ccc(-c2nc(-c3ccc(-c4cccnc4)cc3)cc(-c3cccc(-c4ccc(-c5nc6ccccc6c6ccccc56)nc4)c3)n2)cc1. The normalized spacial score (nSPS) is 11.2. The van der Waals surface area contributed by atoms with Crippen LogP contribution in [0.4, 0.5) is 0 Å². The van der Waals surface area contributed by atoms with Gasteiger partial charge in [-0.2, -0.15) is 0 Å². The summed E-state index contributed by atoms with van der Waals surface area (Å²) in [4.78, 5) is 24.3. The standard InChI is InChI=1S/C45H29N5/c1-2-10-32(11-3-1)45-49-42(31-21-19-30(20-22-31)35-14-9-25-46-28-35)27-43(50-45)34-13-8-12-33(26-34)36-23-24-41(47-29-36)44-39-17-5-4-15-37(39)38-16-6-7-18-40(38)48-44/h1-29H. The minimum atomic E-state index is 0.681. The van der Waals surface area contributed by atoms with E-state index in [0.29, 0.717) is 5.82 Å². The number of pyridine rings is 3. The Balaban J connectivity index is 1.09. The molecule has 0 N–H and O–H groups in total. The number of nitrogens with zero attached hydrogens (tertiary/aromatic N) is 5. The van der Waals surface area contributed by atoms with Crippen molar-refractivity contribution in [2.45, 2.75) is 0 Å². The van der Waals surface area contributed by atoms with Crippen LogP contribution in [0.3, 0.4) is 0 Å². The third-order valence-electron chi connectivity index (χ3n) is 9.04. The molecule has 50 heavy (non-hydrogen) atoms. The zero-order valence-electron chi connectivity index (χ0n) is 27.0. The van der Waals surface area contributed by atoms with E-state index in [1.54, 1.807) is 6.20 Å². The van der Waals surface area contributed by atoms with Crippen molar-refractivity contribution in [3.8, 4) is 67.5 Å². The van der Waals surface area contributed by atoms with Gasteiger partial charge in [-0.1, -0.05) is 127 Å². The van der Waals surface area contributed by atoms with Gasteiger partial charge < -0.3 is 0 Å².